The van der Waals surface area contributed by atoms with Crippen molar-refractivity contribution in [3.63, 3.8) is 0 Å². The van der Waals surface area contributed by atoms with Gasteiger partial charge in [0.25, 0.3) is 5.91 Å². The summed E-state index contributed by atoms with van der Waals surface area (Å²) in [6.07, 6.45) is 2.02. The van der Waals surface area contributed by atoms with E-state index in [4.69, 9.17) is 17.3 Å². The number of nitrogens with two attached hydrogens (primary N) is 1. The molecule has 1 heterocycles. The van der Waals surface area contributed by atoms with Crippen LogP contribution in [0.1, 0.15) is 30.1 Å². The lowest BCUT2D eigenvalue weighted by Gasteiger charge is -2.36. The van der Waals surface area contributed by atoms with Gasteiger partial charge in [-0.1, -0.05) is 18.5 Å². The molecule has 20 heavy (non-hydrogen) atoms. The van der Waals surface area contributed by atoms with Crippen LogP contribution in [0.3, 0.4) is 0 Å². The van der Waals surface area contributed by atoms with Crippen molar-refractivity contribution in [3.8, 4) is 0 Å². The zero-order valence-corrected chi connectivity index (χ0v) is 12.9. The lowest BCUT2D eigenvalue weighted by Crippen LogP contribution is -2.45. The van der Waals surface area contributed by atoms with Crippen molar-refractivity contribution in [2.75, 3.05) is 32.4 Å². The van der Waals surface area contributed by atoms with Gasteiger partial charge in [-0.25, -0.2) is 0 Å². The van der Waals surface area contributed by atoms with E-state index in [1.54, 1.807) is 18.2 Å². The second-order valence-electron chi connectivity index (χ2n) is 5.32. The zero-order chi connectivity index (χ0) is 14.7. The van der Waals surface area contributed by atoms with E-state index in [1.165, 1.54) is 0 Å². The number of nitrogens with zero attached hydrogens (tertiary/aromatic N) is 2. The molecule has 2 N–H and O–H groups in total. The minimum atomic E-state index is -0.0442. The molecule has 4 nitrogen and oxygen atoms in total. The first-order valence-electron chi connectivity index (χ1n) is 7.07. The molecule has 1 aromatic carbocycles. The number of amides is 1. The van der Waals surface area contributed by atoms with Crippen LogP contribution >= 0.6 is 11.6 Å². The molecule has 1 aliphatic heterocycles. The second-order valence-corrected chi connectivity index (χ2v) is 5.73. The van der Waals surface area contributed by atoms with Gasteiger partial charge in [-0.05, 0) is 37.6 Å². The Hall–Kier alpha value is -1.26. The third-order valence-corrected chi connectivity index (χ3v) is 4.42. The van der Waals surface area contributed by atoms with E-state index in [-0.39, 0.29) is 11.9 Å². The zero-order valence-electron chi connectivity index (χ0n) is 12.1. The summed E-state index contributed by atoms with van der Waals surface area (Å²) in [5, 5.41) is 0.460. The average Bonchev–Trinajstić information content (AvgIpc) is 2.48. The normalized spacial score (nSPS) is 17.1. The highest BCUT2D eigenvalue weighted by atomic mass is 35.5. The Morgan fingerprint density at radius 2 is 2.10 bits per heavy atom. The van der Waals surface area contributed by atoms with E-state index >= 15 is 0 Å². The number of likely N-dealkylation sites (tertiary alicyclic amines) is 1. The Labute approximate surface area is 125 Å². The molecule has 2 rings (SSSR count). The topological polar surface area (TPSA) is 49.6 Å². The first-order valence-corrected chi connectivity index (χ1v) is 7.45. The van der Waals surface area contributed by atoms with Gasteiger partial charge in [0.1, 0.15) is 0 Å². The summed E-state index contributed by atoms with van der Waals surface area (Å²) in [5.41, 5.74) is 6.80. The van der Waals surface area contributed by atoms with E-state index in [9.17, 15) is 4.79 Å². The molecule has 0 saturated carbocycles. The van der Waals surface area contributed by atoms with Crippen LogP contribution in [0.2, 0.25) is 5.02 Å². The van der Waals surface area contributed by atoms with Gasteiger partial charge >= 0.3 is 0 Å². The highest BCUT2D eigenvalue weighted by Gasteiger charge is 2.26. The fourth-order valence-corrected chi connectivity index (χ4v) is 2.88. The fourth-order valence-electron chi connectivity index (χ4n) is 2.69. The first-order chi connectivity index (χ1) is 9.52. The van der Waals surface area contributed by atoms with Crippen LogP contribution in [-0.2, 0) is 0 Å². The summed E-state index contributed by atoms with van der Waals surface area (Å²) in [7, 11) is 1.86. The van der Waals surface area contributed by atoms with Gasteiger partial charge in [-0.2, -0.15) is 0 Å². The van der Waals surface area contributed by atoms with Gasteiger partial charge < -0.3 is 15.5 Å². The predicted octanol–water partition coefficient (Wildman–Crippen LogP) is 2.48. The van der Waals surface area contributed by atoms with Crippen LogP contribution < -0.4 is 5.73 Å². The minimum Gasteiger partial charge on any atom is -0.399 e. The molecule has 0 radical (unpaired) electrons. The molecule has 0 bridgehead atoms. The number of benzene rings is 1. The van der Waals surface area contributed by atoms with Crippen LogP contribution in [0.5, 0.6) is 0 Å². The van der Waals surface area contributed by atoms with Gasteiger partial charge in [-0.3, -0.25) is 4.79 Å². The van der Waals surface area contributed by atoms with Crippen LogP contribution in [0.25, 0.3) is 0 Å². The quantitative estimate of drug-likeness (QED) is 0.872. The maximum atomic E-state index is 12.5. The molecule has 1 aromatic rings. The maximum Gasteiger partial charge on any atom is 0.255 e. The summed E-state index contributed by atoms with van der Waals surface area (Å²) in [5.74, 6) is -0.0442. The maximum absolute atomic E-state index is 12.5. The van der Waals surface area contributed by atoms with Crippen molar-refractivity contribution < 1.29 is 4.79 Å². The molecule has 0 aliphatic carbocycles. The first kappa shape index (κ1) is 15.1. The van der Waals surface area contributed by atoms with E-state index in [2.05, 4.69) is 11.8 Å². The van der Waals surface area contributed by atoms with Crippen LogP contribution in [0.4, 0.5) is 5.69 Å². The van der Waals surface area contributed by atoms with Crippen molar-refractivity contribution in [1.82, 2.24) is 9.80 Å². The monoisotopic (exact) mass is 295 g/mol. The molecule has 1 aliphatic rings. The highest BCUT2D eigenvalue weighted by Crippen LogP contribution is 2.23. The third kappa shape index (κ3) is 3.25. The fraction of sp³-hybridized carbons (Fsp3) is 0.533. The van der Waals surface area contributed by atoms with Crippen molar-refractivity contribution in [3.05, 3.63) is 28.8 Å². The van der Waals surface area contributed by atoms with Gasteiger partial charge in [0.15, 0.2) is 0 Å². The Kier molecular flexibility index (Phi) is 4.89. The largest absolute Gasteiger partial charge is 0.399 e. The lowest BCUT2D eigenvalue weighted by molar-refractivity contribution is 0.0647. The number of rotatable bonds is 3. The number of carbonyl (C=O) groups excluding carboxylic acids is 1. The number of hydrogen-bond acceptors (Lipinski definition) is 3. The molecule has 0 aromatic heterocycles. The average molecular weight is 296 g/mol. The molecule has 1 saturated heterocycles. The van der Waals surface area contributed by atoms with Gasteiger partial charge in [-0.15, -0.1) is 0 Å². The summed E-state index contributed by atoms with van der Waals surface area (Å²) >= 11 is 6.11. The van der Waals surface area contributed by atoms with Gasteiger partial charge in [0, 0.05) is 31.9 Å². The highest BCUT2D eigenvalue weighted by molar-refractivity contribution is 6.34. The summed E-state index contributed by atoms with van der Waals surface area (Å²) in [4.78, 5) is 16.8. The van der Waals surface area contributed by atoms with Gasteiger partial charge in [0.2, 0.25) is 0 Å². The number of hydrogen-bond donors (Lipinski definition) is 1. The van der Waals surface area contributed by atoms with E-state index < -0.39 is 0 Å². The van der Waals surface area contributed by atoms with Crippen molar-refractivity contribution in [1.29, 1.82) is 0 Å². The molecular weight excluding hydrogens is 274 g/mol. The number of nitrogen functional groups attached to an aromatic ring is 1. The van der Waals surface area contributed by atoms with Crippen molar-refractivity contribution >= 4 is 23.2 Å². The van der Waals surface area contributed by atoms with Crippen LogP contribution in [0, 0.1) is 0 Å². The molecule has 1 amide bonds. The number of carbonyl (C=O) groups is 1. The Morgan fingerprint density at radius 1 is 1.45 bits per heavy atom. The molecule has 1 fully saturated rings. The molecule has 0 spiro atoms. The summed E-state index contributed by atoms with van der Waals surface area (Å²) in [6, 6.07) is 5.32. The summed E-state index contributed by atoms with van der Waals surface area (Å²) in [6.45, 7) is 5.33. The Balaban J connectivity index is 2.07. The SMILES string of the molecule is CCN1CCC(N(C)C(=O)c2cc(N)ccc2Cl)CC1. The van der Waals surface area contributed by atoms with E-state index in [1.807, 2.05) is 11.9 Å². The molecule has 110 valence electrons. The van der Waals surface area contributed by atoms with Crippen molar-refractivity contribution in [2.24, 2.45) is 0 Å². The number of anilines is 1. The lowest BCUT2D eigenvalue weighted by atomic mass is 10.0. The van der Waals surface area contributed by atoms with Crippen LogP contribution in [0.15, 0.2) is 18.2 Å². The minimum absolute atomic E-state index is 0.0442. The smallest absolute Gasteiger partial charge is 0.255 e. The number of piperidine rings is 1. The van der Waals surface area contributed by atoms with Crippen LogP contribution in [-0.4, -0.2) is 48.4 Å². The Bertz CT molecular complexity index is 484. The third-order valence-electron chi connectivity index (χ3n) is 4.09. The predicted molar refractivity (Wildman–Crippen MR) is 83.1 cm³/mol. The number of halogens is 1. The van der Waals surface area contributed by atoms with E-state index in [0.29, 0.717) is 16.3 Å². The summed E-state index contributed by atoms with van der Waals surface area (Å²) < 4.78 is 0. The second kappa shape index (κ2) is 6.46. The molecule has 0 unspecified atom stereocenters. The van der Waals surface area contributed by atoms with Gasteiger partial charge in [0.05, 0.1) is 10.6 Å². The standard InChI is InChI=1S/C15H22ClN3O/c1-3-19-8-6-12(7-9-19)18(2)15(20)13-10-11(17)4-5-14(13)16/h4-5,10,12H,3,6-9,17H2,1-2H3. The molecule has 5 heteroatoms. The Morgan fingerprint density at radius 3 is 2.70 bits per heavy atom. The molecular formula is C15H22ClN3O. The van der Waals surface area contributed by atoms with E-state index in [0.717, 1.165) is 32.5 Å². The van der Waals surface area contributed by atoms with Crippen molar-refractivity contribution in [2.45, 2.75) is 25.8 Å². The molecule has 0 atom stereocenters.